The van der Waals surface area contributed by atoms with Crippen LogP contribution in [0.4, 0.5) is 0 Å². The van der Waals surface area contributed by atoms with Crippen molar-refractivity contribution in [2.24, 2.45) is 5.16 Å². The summed E-state index contributed by atoms with van der Waals surface area (Å²) >= 11 is 0. The minimum absolute atomic E-state index is 0.0120. The lowest BCUT2D eigenvalue weighted by molar-refractivity contribution is 0.0865. The summed E-state index contributed by atoms with van der Waals surface area (Å²) in [6, 6.07) is 11.3. The molecule has 3 nitrogen and oxygen atoms in total. The largest absolute Gasteiger partial charge is 0.392 e. The van der Waals surface area contributed by atoms with Crippen LogP contribution in [0, 0.1) is 11.3 Å². The van der Waals surface area contributed by atoms with Crippen molar-refractivity contribution in [3.05, 3.63) is 35.9 Å². The molecule has 0 aliphatic rings. The van der Waals surface area contributed by atoms with Gasteiger partial charge in [0.25, 0.3) is 0 Å². The lowest BCUT2D eigenvalue weighted by atomic mass is 10.1. The van der Waals surface area contributed by atoms with Crippen LogP contribution in [-0.2, 0) is 4.84 Å². The zero-order valence-electron chi connectivity index (χ0n) is 8.27. The molecule has 0 N–H and O–H groups in total. The lowest BCUT2D eigenvalue weighted by Gasteiger charge is -2.02. The summed E-state index contributed by atoms with van der Waals surface area (Å²) in [6.45, 7) is 3.73. The van der Waals surface area contributed by atoms with Gasteiger partial charge in [-0.2, -0.15) is 5.26 Å². The third-order valence-electron chi connectivity index (χ3n) is 1.51. The molecule has 0 saturated carbocycles. The Balaban J connectivity index is 2.84. The molecule has 0 atom stereocenters. The maximum atomic E-state index is 8.83. The second kappa shape index (κ2) is 5.03. The van der Waals surface area contributed by atoms with Gasteiger partial charge in [0.1, 0.15) is 12.2 Å². The molecule has 0 heterocycles. The Morgan fingerprint density at radius 2 is 2.00 bits per heavy atom. The molecule has 0 bridgehead atoms. The summed E-state index contributed by atoms with van der Waals surface area (Å²) in [5.41, 5.74) is 1.08. The first-order valence-corrected chi connectivity index (χ1v) is 4.43. The highest BCUT2D eigenvalue weighted by molar-refractivity contribution is 6.11. The van der Waals surface area contributed by atoms with Gasteiger partial charge in [-0.1, -0.05) is 35.5 Å². The van der Waals surface area contributed by atoms with Crippen molar-refractivity contribution in [3.8, 4) is 6.07 Å². The molecule has 1 rings (SSSR count). The van der Waals surface area contributed by atoms with Gasteiger partial charge < -0.3 is 4.84 Å². The molecule has 0 unspecified atom stereocenters. The van der Waals surface area contributed by atoms with E-state index in [1.807, 2.05) is 50.2 Å². The summed E-state index contributed by atoms with van der Waals surface area (Å²) in [7, 11) is 0. The zero-order chi connectivity index (χ0) is 10.4. The van der Waals surface area contributed by atoms with Crippen molar-refractivity contribution in [3.63, 3.8) is 0 Å². The number of nitrogens with zero attached hydrogens (tertiary/aromatic N) is 2. The molecule has 0 spiro atoms. The van der Waals surface area contributed by atoms with E-state index in [1.165, 1.54) is 0 Å². The number of rotatable bonds is 3. The molecular formula is C11H12N2O. The second-order valence-electron chi connectivity index (χ2n) is 3.07. The normalized spacial score (nSPS) is 11.1. The predicted octanol–water partition coefficient (Wildman–Crippen LogP) is 2.34. The SMILES string of the molecule is CC(C)O/N=C(/C#N)c1ccccc1. The van der Waals surface area contributed by atoms with Gasteiger partial charge in [0, 0.05) is 5.56 Å². The van der Waals surface area contributed by atoms with Crippen molar-refractivity contribution >= 4 is 5.71 Å². The Labute approximate surface area is 83.6 Å². The molecule has 1 aromatic rings. The third kappa shape index (κ3) is 2.91. The number of hydrogen-bond donors (Lipinski definition) is 0. The fourth-order valence-corrected chi connectivity index (χ4v) is 0.892. The van der Waals surface area contributed by atoms with Crippen molar-refractivity contribution < 1.29 is 4.84 Å². The first kappa shape index (κ1) is 10.3. The second-order valence-corrected chi connectivity index (χ2v) is 3.07. The summed E-state index contributed by atoms with van der Waals surface area (Å²) in [5.74, 6) is 0. The zero-order valence-corrected chi connectivity index (χ0v) is 8.27. The predicted molar refractivity (Wildman–Crippen MR) is 54.8 cm³/mol. The van der Waals surface area contributed by atoms with E-state index in [0.29, 0.717) is 5.71 Å². The van der Waals surface area contributed by atoms with E-state index < -0.39 is 0 Å². The number of hydrogen-bond acceptors (Lipinski definition) is 3. The van der Waals surface area contributed by atoms with E-state index in [2.05, 4.69) is 5.16 Å². The minimum Gasteiger partial charge on any atom is -0.392 e. The van der Waals surface area contributed by atoms with Crippen molar-refractivity contribution in [1.82, 2.24) is 0 Å². The van der Waals surface area contributed by atoms with Crippen LogP contribution in [0.15, 0.2) is 35.5 Å². The molecule has 0 aliphatic heterocycles. The Morgan fingerprint density at radius 3 is 2.50 bits per heavy atom. The minimum atomic E-state index is -0.0120. The van der Waals surface area contributed by atoms with E-state index in [4.69, 9.17) is 10.1 Å². The molecule has 1 aromatic carbocycles. The smallest absolute Gasteiger partial charge is 0.186 e. The first-order chi connectivity index (χ1) is 6.74. The lowest BCUT2D eigenvalue weighted by Crippen LogP contribution is -2.02. The van der Waals surface area contributed by atoms with Gasteiger partial charge in [0.15, 0.2) is 5.71 Å². The van der Waals surface area contributed by atoms with E-state index in [9.17, 15) is 0 Å². The summed E-state index contributed by atoms with van der Waals surface area (Å²) in [4.78, 5) is 5.01. The van der Waals surface area contributed by atoms with Gasteiger partial charge in [-0.3, -0.25) is 0 Å². The van der Waals surface area contributed by atoms with Crippen LogP contribution in [0.2, 0.25) is 0 Å². The van der Waals surface area contributed by atoms with E-state index in [0.717, 1.165) is 5.56 Å². The molecule has 14 heavy (non-hydrogen) atoms. The number of oxime groups is 1. The fraction of sp³-hybridized carbons (Fsp3) is 0.273. The maximum Gasteiger partial charge on any atom is 0.186 e. The van der Waals surface area contributed by atoms with Crippen LogP contribution in [-0.4, -0.2) is 11.8 Å². The van der Waals surface area contributed by atoms with Gasteiger partial charge in [-0.05, 0) is 13.8 Å². The average Bonchev–Trinajstić information content (AvgIpc) is 2.20. The Hall–Kier alpha value is -1.82. The van der Waals surface area contributed by atoms with Crippen LogP contribution in [0.1, 0.15) is 19.4 Å². The van der Waals surface area contributed by atoms with Crippen molar-refractivity contribution in [2.45, 2.75) is 20.0 Å². The summed E-state index contributed by atoms with van der Waals surface area (Å²) in [5, 5.41) is 12.6. The van der Waals surface area contributed by atoms with E-state index >= 15 is 0 Å². The van der Waals surface area contributed by atoms with Gasteiger partial charge in [0.2, 0.25) is 0 Å². The van der Waals surface area contributed by atoms with Gasteiger partial charge in [-0.25, -0.2) is 0 Å². The summed E-state index contributed by atoms with van der Waals surface area (Å²) in [6.07, 6.45) is -0.0120. The van der Waals surface area contributed by atoms with Crippen LogP contribution in [0.5, 0.6) is 0 Å². The Bertz CT molecular complexity index is 349. The third-order valence-corrected chi connectivity index (χ3v) is 1.51. The molecule has 0 fully saturated rings. The quantitative estimate of drug-likeness (QED) is 0.539. The van der Waals surface area contributed by atoms with Crippen LogP contribution < -0.4 is 0 Å². The first-order valence-electron chi connectivity index (χ1n) is 4.43. The van der Waals surface area contributed by atoms with E-state index in [-0.39, 0.29) is 6.10 Å². The molecule has 0 radical (unpaired) electrons. The molecule has 0 aliphatic carbocycles. The Kier molecular flexibility index (Phi) is 3.69. The topological polar surface area (TPSA) is 45.4 Å². The molecule has 0 saturated heterocycles. The molecule has 0 amide bonds. The van der Waals surface area contributed by atoms with Gasteiger partial charge in [0.05, 0.1) is 0 Å². The van der Waals surface area contributed by atoms with E-state index in [1.54, 1.807) is 0 Å². The number of benzene rings is 1. The highest BCUT2D eigenvalue weighted by Gasteiger charge is 2.02. The van der Waals surface area contributed by atoms with Crippen LogP contribution >= 0.6 is 0 Å². The molecule has 72 valence electrons. The highest BCUT2D eigenvalue weighted by Crippen LogP contribution is 2.02. The van der Waals surface area contributed by atoms with Gasteiger partial charge >= 0.3 is 0 Å². The van der Waals surface area contributed by atoms with Crippen molar-refractivity contribution in [1.29, 1.82) is 5.26 Å². The summed E-state index contributed by atoms with van der Waals surface area (Å²) < 4.78 is 0. The fourth-order valence-electron chi connectivity index (χ4n) is 0.892. The molecular weight excluding hydrogens is 176 g/mol. The molecule has 0 aromatic heterocycles. The maximum absolute atomic E-state index is 8.83. The van der Waals surface area contributed by atoms with Gasteiger partial charge in [-0.15, -0.1) is 0 Å². The van der Waals surface area contributed by atoms with Crippen molar-refractivity contribution in [2.75, 3.05) is 0 Å². The number of nitriles is 1. The van der Waals surface area contributed by atoms with Crippen LogP contribution in [0.3, 0.4) is 0 Å². The standard InChI is InChI=1S/C11H12N2O/c1-9(2)14-13-11(8-12)10-6-4-3-5-7-10/h3-7,9H,1-2H3/b13-11-. The Morgan fingerprint density at radius 1 is 1.36 bits per heavy atom. The highest BCUT2D eigenvalue weighted by atomic mass is 16.6. The van der Waals surface area contributed by atoms with Crippen LogP contribution in [0.25, 0.3) is 0 Å². The average molecular weight is 188 g/mol. The monoisotopic (exact) mass is 188 g/mol. The molecule has 3 heteroatoms.